The molecule has 0 bridgehead atoms. The Bertz CT molecular complexity index is 707. The highest BCUT2D eigenvalue weighted by Crippen LogP contribution is 2.21. The molecule has 3 aromatic rings. The van der Waals surface area contributed by atoms with E-state index in [1.807, 2.05) is 48.5 Å². The Morgan fingerprint density at radius 1 is 1.24 bits per heavy atom. The quantitative estimate of drug-likeness (QED) is 0.723. The first-order valence-corrected chi connectivity index (χ1v) is 7.61. The third-order valence-electron chi connectivity index (χ3n) is 3.10. The average Bonchev–Trinajstić information content (AvgIpc) is 3.17. The molecule has 1 aromatic carbocycles. The predicted octanol–water partition coefficient (Wildman–Crippen LogP) is 3.39. The van der Waals surface area contributed by atoms with Gasteiger partial charge in [0.15, 0.2) is 0 Å². The maximum atomic E-state index is 5.32. The van der Waals surface area contributed by atoms with Crippen LogP contribution < -0.4 is 4.90 Å². The summed E-state index contributed by atoms with van der Waals surface area (Å²) in [5.41, 5.74) is 0.923. The lowest BCUT2D eigenvalue weighted by atomic mass is 10.2. The fraction of sp³-hybridized carbons (Fsp3) is 0.267. The predicted molar refractivity (Wildman–Crippen MR) is 83.3 cm³/mol. The largest absolute Gasteiger partial charge is 0.334 e. The van der Waals surface area contributed by atoms with Crippen molar-refractivity contribution in [2.75, 3.05) is 11.9 Å². The van der Waals surface area contributed by atoms with E-state index < -0.39 is 0 Å². The third kappa shape index (κ3) is 3.11. The Hall–Kier alpha value is -2.21. The molecular formula is C15H16N4OS. The fourth-order valence-corrected chi connectivity index (χ4v) is 2.84. The van der Waals surface area contributed by atoms with Gasteiger partial charge in [0, 0.05) is 23.7 Å². The summed E-state index contributed by atoms with van der Waals surface area (Å²) in [7, 11) is 1.94. The van der Waals surface area contributed by atoms with Crippen molar-refractivity contribution in [1.29, 1.82) is 0 Å². The van der Waals surface area contributed by atoms with E-state index in [9.17, 15) is 0 Å². The molecule has 0 radical (unpaired) electrons. The van der Waals surface area contributed by atoms with Crippen LogP contribution in [0.2, 0.25) is 0 Å². The minimum atomic E-state index is 0.533. The van der Waals surface area contributed by atoms with Gasteiger partial charge in [0.25, 0.3) is 11.8 Å². The Labute approximate surface area is 127 Å². The second-order valence-electron chi connectivity index (χ2n) is 4.70. The first-order valence-electron chi connectivity index (χ1n) is 6.80. The first-order chi connectivity index (χ1) is 10.3. The van der Waals surface area contributed by atoms with Crippen LogP contribution in [-0.4, -0.2) is 22.2 Å². The summed E-state index contributed by atoms with van der Waals surface area (Å²) in [4.78, 5) is 12.1. The number of rotatable bonds is 5. The summed E-state index contributed by atoms with van der Waals surface area (Å²) in [5.74, 6) is 1.10. The number of aromatic nitrogens is 3. The molecule has 0 saturated heterocycles. The zero-order valence-corrected chi connectivity index (χ0v) is 12.8. The molecule has 0 saturated carbocycles. The van der Waals surface area contributed by atoms with Crippen molar-refractivity contribution in [3.05, 3.63) is 46.4 Å². The number of aryl methyl sites for hydroxylation is 1. The van der Waals surface area contributed by atoms with E-state index in [1.165, 1.54) is 4.88 Å². The summed E-state index contributed by atoms with van der Waals surface area (Å²) in [6, 6.07) is 9.76. The zero-order chi connectivity index (χ0) is 14.7. The summed E-state index contributed by atoms with van der Waals surface area (Å²) < 4.78 is 5.32. The molecule has 0 atom stereocenters. The van der Waals surface area contributed by atoms with Gasteiger partial charge in [-0.1, -0.05) is 25.1 Å². The molecule has 5 nitrogen and oxygen atoms in total. The van der Waals surface area contributed by atoms with Crippen LogP contribution in [0, 0.1) is 0 Å². The van der Waals surface area contributed by atoms with Gasteiger partial charge in [-0.15, -0.1) is 11.3 Å². The normalized spacial score (nSPS) is 10.8. The number of hydrogen-bond acceptors (Lipinski definition) is 6. The monoisotopic (exact) mass is 300 g/mol. The maximum absolute atomic E-state index is 5.32. The fourth-order valence-electron chi connectivity index (χ4n) is 1.93. The van der Waals surface area contributed by atoms with Crippen molar-refractivity contribution in [2.24, 2.45) is 0 Å². The van der Waals surface area contributed by atoms with Crippen molar-refractivity contribution in [2.45, 2.75) is 19.9 Å². The molecule has 0 fully saturated rings. The Morgan fingerprint density at radius 2 is 2.05 bits per heavy atom. The van der Waals surface area contributed by atoms with Gasteiger partial charge in [-0.05, 0) is 23.7 Å². The molecule has 2 aromatic heterocycles. The van der Waals surface area contributed by atoms with Crippen molar-refractivity contribution in [3.8, 4) is 11.5 Å². The number of hydrogen-bond donors (Lipinski definition) is 0. The average molecular weight is 300 g/mol. The molecule has 6 heteroatoms. The van der Waals surface area contributed by atoms with E-state index in [0.717, 1.165) is 17.0 Å². The lowest BCUT2D eigenvalue weighted by Gasteiger charge is -2.11. The van der Waals surface area contributed by atoms with Crippen LogP contribution in [0.15, 0.2) is 41.1 Å². The molecule has 21 heavy (non-hydrogen) atoms. The smallest absolute Gasteiger partial charge is 0.266 e. The van der Waals surface area contributed by atoms with Crippen LogP contribution >= 0.6 is 11.3 Å². The molecule has 3 rings (SSSR count). The zero-order valence-electron chi connectivity index (χ0n) is 12.0. The van der Waals surface area contributed by atoms with Gasteiger partial charge in [-0.3, -0.25) is 0 Å². The second-order valence-corrected chi connectivity index (χ2v) is 5.90. The molecule has 0 spiro atoms. The third-order valence-corrected chi connectivity index (χ3v) is 4.23. The summed E-state index contributed by atoms with van der Waals surface area (Å²) in [6.07, 6.45) is 2.95. The maximum Gasteiger partial charge on any atom is 0.266 e. The molecular weight excluding hydrogens is 284 g/mol. The molecule has 0 aliphatic heterocycles. The standard InChI is InChI=1S/C15H16N4OS/c1-3-12-9-16-13(21-12)10-19(2)15-17-14(20-18-15)11-7-5-4-6-8-11/h4-9H,3,10H2,1-2H3. The molecule has 0 unspecified atom stereocenters. The summed E-state index contributed by atoms with van der Waals surface area (Å²) in [6.45, 7) is 2.81. The number of thiazole rings is 1. The van der Waals surface area contributed by atoms with Gasteiger partial charge in [-0.25, -0.2) is 4.98 Å². The van der Waals surface area contributed by atoms with Crippen LogP contribution in [-0.2, 0) is 13.0 Å². The SMILES string of the molecule is CCc1cnc(CN(C)c2noc(-c3ccccc3)n2)s1. The highest BCUT2D eigenvalue weighted by atomic mass is 32.1. The van der Waals surface area contributed by atoms with E-state index in [2.05, 4.69) is 22.0 Å². The molecule has 0 N–H and O–H groups in total. The Balaban J connectivity index is 1.73. The number of benzene rings is 1. The van der Waals surface area contributed by atoms with Crippen LogP contribution in [0.4, 0.5) is 5.95 Å². The number of nitrogens with zero attached hydrogens (tertiary/aromatic N) is 4. The van der Waals surface area contributed by atoms with Crippen molar-refractivity contribution < 1.29 is 4.52 Å². The minimum Gasteiger partial charge on any atom is -0.334 e. The molecule has 2 heterocycles. The summed E-state index contributed by atoms with van der Waals surface area (Å²) >= 11 is 1.72. The summed E-state index contributed by atoms with van der Waals surface area (Å²) in [5, 5.41) is 5.09. The molecule has 0 aliphatic rings. The van der Waals surface area contributed by atoms with Crippen LogP contribution in [0.25, 0.3) is 11.5 Å². The van der Waals surface area contributed by atoms with Gasteiger partial charge < -0.3 is 9.42 Å². The van der Waals surface area contributed by atoms with Gasteiger partial charge in [0.1, 0.15) is 5.01 Å². The van der Waals surface area contributed by atoms with E-state index in [4.69, 9.17) is 4.52 Å². The lowest BCUT2D eigenvalue weighted by Crippen LogP contribution is -2.17. The van der Waals surface area contributed by atoms with E-state index >= 15 is 0 Å². The van der Waals surface area contributed by atoms with Crippen molar-refractivity contribution in [3.63, 3.8) is 0 Å². The van der Waals surface area contributed by atoms with E-state index in [1.54, 1.807) is 11.3 Å². The first kappa shape index (κ1) is 13.8. The highest BCUT2D eigenvalue weighted by molar-refractivity contribution is 7.11. The van der Waals surface area contributed by atoms with E-state index in [0.29, 0.717) is 18.4 Å². The molecule has 0 amide bonds. The Morgan fingerprint density at radius 3 is 2.76 bits per heavy atom. The van der Waals surface area contributed by atoms with Crippen molar-refractivity contribution in [1.82, 2.24) is 15.1 Å². The minimum absolute atomic E-state index is 0.533. The van der Waals surface area contributed by atoms with Gasteiger partial charge in [-0.2, -0.15) is 4.98 Å². The lowest BCUT2D eigenvalue weighted by molar-refractivity contribution is 0.430. The van der Waals surface area contributed by atoms with Gasteiger partial charge >= 0.3 is 0 Å². The van der Waals surface area contributed by atoms with Crippen LogP contribution in [0.3, 0.4) is 0 Å². The topological polar surface area (TPSA) is 55.1 Å². The number of anilines is 1. The van der Waals surface area contributed by atoms with Crippen LogP contribution in [0.1, 0.15) is 16.8 Å². The van der Waals surface area contributed by atoms with Crippen LogP contribution in [0.5, 0.6) is 0 Å². The van der Waals surface area contributed by atoms with Crippen molar-refractivity contribution >= 4 is 17.3 Å². The Kier molecular flexibility index (Phi) is 3.96. The van der Waals surface area contributed by atoms with E-state index in [-0.39, 0.29) is 0 Å². The second kappa shape index (κ2) is 6.05. The molecule has 108 valence electrons. The van der Waals surface area contributed by atoms with Gasteiger partial charge in [0.2, 0.25) is 0 Å². The molecule has 0 aliphatic carbocycles. The van der Waals surface area contributed by atoms with Gasteiger partial charge in [0.05, 0.1) is 6.54 Å². The highest BCUT2D eigenvalue weighted by Gasteiger charge is 2.13.